The van der Waals surface area contributed by atoms with Crippen molar-refractivity contribution < 1.29 is 4.79 Å². The number of anilines is 1. The summed E-state index contributed by atoms with van der Waals surface area (Å²) >= 11 is 0. The van der Waals surface area contributed by atoms with E-state index in [0.717, 1.165) is 39.0 Å². The van der Waals surface area contributed by atoms with E-state index in [9.17, 15) is 4.79 Å². The first-order chi connectivity index (χ1) is 11.2. The van der Waals surface area contributed by atoms with Gasteiger partial charge in [0.15, 0.2) is 0 Å². The van der Waals surface area contributed by atoms with Gasteiger partial charge in [-0.25, -0.2) is 0 Å². The van der Waals surface area contributed by atoms with Crippen LogP contribution in [0.5, 0.6) is 0 Å². The minimum atomic E-state index is 0.209. The van der Waals surface area contributed by atoms with Crippen LogP contribution in [0.25, 0.3) is 0 Å². The van der Waals surface area contributed by atoms with E-state index in [2.05, 4.69) is 46.3 Å². The maximum Gasteiger partial charge on any atom is 0.234 e. The Kier molecular flexibility index (Phi) is 5.55. The lowest BCUT2D eigenvalue weighted by atomic mass is 9.95. The van der Waals surface area contributed by atoms with Gasteiger partial charge in [-0.1, -0.05) is 37.5 Å². The predicted molar refractivity (Wildman–Crippen MR) is 94.8 cm³/mol. The summed E-state index contributed by atoms with van der Waals surface area (Å²) in [7, 11) is 0. The van der Waals surface area contributed by atoms with Crippen molar-refractivity contribution in [1.29, 1.82) is 0 Å². The van der Waals surface area contributed by atoms with Crippen LogP contribution in [0.4, 0.5) is 5.69 Å². The van der Waals surface area contributed by atoms with Gasteiger partial charge in [-0.3, -0.25) is 9.69 Å². The van der Waals surface area contributed by atoms with Gasteiger partial charge in [0.1, 0.15) is 0 Å². The SMILES string of the molecule is Cc1ccccc1N1CCN(CC(=O)NC2CCCCC2)CC1. The molecule has 1 saturated carbocycles. The van der Waals surface area contributed by atoms with E-state index in [0.29, 0.717) is 12.6 Å². The lowest BCUT2D eigenvalue weighted by molar-refractivity contribution is -0.123. The van der Waals surface area contributed by atoms with Crippen LogP contribution < -0.4 is 10.2 Å². The number of hydrogen-bond donors (Lipinski definition) is 1. The molecule has 1 aromatic carbocycles. The van der Waals surface area contributed by atoms with Crippen molar-refractivity contribution in [2.45, 2.75) is 45.1 Å². The number of nitrogens with zero attached hydrogens (tertiary/aromatic N) is 2. The average Bonchev–Trinajstić information content (AvgIpc) is 2.57. The summed E-state index contributed by atoms with van der Waals surface area (Å²) in [6.07, 6.45) is 6.17. The van der Waals surface area contributed by atoms with Crippen LogP contribution in [-0.4, -0.2) is 49.6 Å². The number of piperazine rings is 1. The van der Waals surface area contributed by atoms with E-state index >= 15 is 0 Å². The molecule has 1 heterocycles. The maximum atomic E-state index is 12.2. The molecule has 0 radical (unpaired) electrons. The number of hydrogen-bond acceptors (Lipinski definition) is 3. The molecule has 0 unspecified atom stereocenters. The van der Waals surface area contributed by atoms with Crippen molar-refractivity contribution in [3.05, 3.63) is 29.8 Å². The second-order valence-corrected chi connectivity index (χ2v) is 6.95. The third kappa shape index (κ3) is 4.47. The molecule has 4 heteroatoms. The molecule has 23 heavy (non-hydrogen) atoms. The molecule has 2 aliphatic rings. The molecule has 0 aromatic heterocycles. The van der Waals surface area contributed by atoms with Crippen LogP contribution >= 0.6 is 0 Å². The van der Waals surface area contributed by atoms with E-state index in [4.69, 9.17) is 0 Å². The summed E-state index contributed by atoms with van der Waals surface area (Å²) in [4.78, 5) is 16.9. The van der Waals surface area contributed by atoms with Gasteiger partial charge in [0.25, 0.3) is 0 Å². The molecule has 1 aromatic rings. The zero-order valence-corrected chi connectivity index (χ0v) is 14.3. The molecule has 1 saturated heterocycles. The molecule has 3 rings (SSSR count). The van der Waals surface area contributed by atoms with Gasteiger partial charge in [-0.05, 0) is 31.4 Å². The van der Waals surface area contributed by atoms with Gasteiger partial charge in [0.2, 0.25) is 5.91 Å². The summed E-state index contributed by atoms with van der Waals surface area (Å²) < 4.78 is 0. The molecular weight excluding hydrogens is 286 g/mol. The lowest BCUT2D eigenvalue weighted by Crippen LogP contribution is -2.50. The number of amides is 1. The van der Waals surface area contributed by atoms with Gasteiger partial charge in [0.05, 0.1) is 6.54 Å². The summed E-state index contributed by atoms with van der Waals surface area (Å²) in [5, 5.41) is 3.22. The second-order valence-electron chi connectivity index (χ2n) is 6.95. The Morgan fingerprint density at radius 2 is 1.78 bits per heavy atom. The lowest BCUT2D eigenvalue weighted by Gasteiger charge is -2.36. The van der Waals surface area contributed by atoms with E-state index < -0.39 is 0 Å². The van der Waals surface area contributed by atoms with Crippen LogP contribution in [0.1, 0.15) is 37.7 Å². The summed E-state index contributed by atoms with van der Waals surface area (Å²) in [6, 6.07) is 8.97. The minimum Gasteiger partial charge on any atom is -0.369 e. The van der Waals surface area contributed by atoms with Crippen molar-refractivity contribution in [2.24, 2.45) is 0 Å². The zero-order chi connectivity index (χ0) is 16.1. The molecule has 126 valence electrons. The highest BCUT2D eigenvalue weighted by molar-refractivity contribution is 5.78. The normalized spacial score (nSPS) is 20.5. The van der Waals surface area contributed by atoms with Crippen molar-refractivity contribution in [3.63, 3.8) is 0 Å². The fourth-order valence-electron chi connectivity index (χ4n) is 3.79. The number of carbonyl (C=O) groups excluding carboxylic acids is 1. The van der Waals surface area contributed by atoms with Gasteiger partial charge >= 0.3 is 0 Å². The van der Waals surface area contributed by atoms with Gasteiger partial charge in [-0.2, -0.15) is 0 Å². The number of benzene rings is 1. The molecular formula is C19H29N3O. The van der Waals surface area contributed by atoms with E-state index in [1.54, 1.807) is 0 Å². The van der Waals surface area contributed by atoms with Crippen LogP contribution in [0.3, 0.4) is 0 Å². The number of rotatable bonds is 4. The molecule has 0 spiro atoms. The van der Waals surface area contributed by atoms with Crippen molar-refractivity contribution in [1.82, 2.24) is 10.2 Å². The first-order valence-electron chi connectivity index (χ1n) is 9.04. The summed E-state index contributed by atoms with van der Waals surface area (Å²) in [5.41, 5.74) is 2.66. The van der Waals surface area contributed by atoms with Crippen molar-refractivity contribution >= 4 is 11.6 Å². The van der Waals surface area contributed by atoms with E-state index in [1.165, 1.54) is 30.5 Å². The Hall–Kier alpha value is -1.55. The third-order valence-corrected chi connectivity index (χ3v) is 5.17. The highest BCUT2D eigenvalue weighted by Gasteiger charge is 2.21. The van der Waals surface area contributed by atoms with Gasteiger partial charge in [0, 0.05) is 37.9 Å². The topological polar surface area (TPSA) is 35.6 Å². The van der Waals surface area contributed by atoms with E-state index in [-0.39, 0.29) is 5.91 Å². The minimum absolute atomic E-state index is 0.209. The number of para-hydroxylation sites is 1. The first kappa shape index (κ1) is 16.3. The Morgan fingerprint density at radius 3 is 2.48 bits per heavy atom. The first-order valence-corrected chi connectivity index (χ1v) is 9.04. The molecule has 1 aliphatic carbocycles. The van der Waals surface area contributed by atoms with E-state index in [1.807, 2.05) is 0 Å². The van der Waals surface area contributed by atoms with Crippen molar-refractivity contribution in [3.8, 4) is 0 Å². The Labute approximate surface area is 139 Å². The fourth-order valence-corrected chi connectivity index (χ4v) is 3.79. The Bertz CT molecular complexity index is 517. The standard InChI is InChI=1S/C19H29N3O/c1-16-7-5-6-10-18(16)22-13-11-21(12-14-22)15-19(23)20-17-8-3-2-4-9-17/h5-7,10,17H,2-4,8-9,11-15H2,1H3,(H,20,23). The maximum absolute atomic E-state index is 12.2. The van der Waals surface area contributed by atoms with Crippen LogP contribution in [0.15, 0.2) is 24.3 Å². The van der Waals surface area contributed by atoms with Crippen LogP contribution in [0.2, 0.25) is 0 Å². The largest absolute Gasteiger partial charge is 0.369 e. The molecule has 1 N–H and O–H groups in total. The zero-order valence-electron chi connectivity index (χ0n) is 14.3. The molecule has 1 aliphatic heterocycles. The summed E-state index contributed by atoms with van der Waals surface area (Å²) in [6.45, 7) is 6.65. The smallest absolute Gasteiger partial charge is 0.234 e. The van der Waals surface area contributed by atoms with Gasteiger partial charge < -0.3 is 10.2 Å². The monoisotopic (exact) mass is 315 g/mol. The highest BCUT2D eigenvalue weighted by atomic mass is 16.2. The second kappa shape index (κ2) is 7.82. The number of carbonyl (C=O) groups is 1. The summed E-state index contributed by atoms with van der Waals surface area (Å²) in [5.74, 6) is 0.209. The molecule has 0 atom stereocenters. The fraction of sp³-hybridized carbons (Fsp3) is 0.632. The van der Waals surface area contributed by atoms with Crippen molar-refractivity contribution in [2.75, 3.05) is 37.6 Å². The molecule has 0 bridgehead atoms. The van der Waals surface area contributed by atoms with Crippen LogP contribution in [-0.2, 0) is 4.79 Å². The molecule has 2 fully saturated rings. The Balaban J connectivity index is 1.44. The average molecular weight is 315 g/mol. The molecule has 4 nitrogen and oxygen atoms in total. The third-order valence-electron chi connectivity index (χ3n) is 5.17. The highest BCUT2D eigenvalue weighted by Crippen LogP contribution is 2.21. The quantitative estimate of drug-likeness (QED) is 0.927. The number of nitrogens with one attached hydrogen (secondary N) is 1. The Morgan fingerprint density at radius 1 is 1.09 bits per heavy atom. The van der Waals surface area contributed by atoms with Crippen LogP contribution in [0, 0.1) is 6.92 Å². The van der Waals surface area contributed by atoms with Gasteiger partial charge in [-0.15, -0.1) is 0 Å². The molecule has 1 amide bonds. The number of aryl methyl sites for hydroxylation is 1. The predicted octanol–water partition coefficient (Wildman–Crippen LogP) is 2.57.